The van der Waals surface area contributed by atoms with Crippen molar-refractivity contribution in [3.8, 4) is 0 Å². The van der Waals surface area contributed by atoms with E-state index in [1.807, 2.05) is 0 Å². The van der Waals surface area contributed by atoms with Gasteiger partial charge in [-0.3, -0.25) is 14.4 Å². The van der Waals surface area contributed by atoms with Gasteiger partial charge in [0.05, 0.1) is 19.1 Å². The minimum absolute atomic E-state index is 0.0371. The molecule has 2 rings (SSSR count). The average molecular weight is 422 g/mol. The molecule has 0 aliphatic carbocycles. The summed E-state index contributed by atoms with van der Waals surface area (Å²) < 4.78 is 9.60. The van der Waals surface area contributed by atoms with Crippen LogP contribution >= 0.6 is 24.0 Å². The molecule has 1 atom stereocenters. The molecule has 0 saturated carbocycles. The van der Waals surface area contributed by atoms with Gasteiger partial charge in [-0.25, -0.2) is 4.79 Å². The van der Waals surface area contributed by atoms with Gasteiger partial charge in [0.2, 0.25) is 0 Å². The third-order valence-electron chi connectivity index (χ3n) is 3.77. The Labute approximate surface area is 171 Å². The standard InChI is InChI=1S/C18H18N2O6S2/c1-25-14(21)8-7-12(17(24)26-2)19-15(22)11-5-3-10(4-6-11)9-13-16(23)20-18(27)28-13/h3-6,9,12H,7-8H2,1-2H3,(H,19,22)(H,20,23,27)/b13-9-/t12-/m1/s1. The quantitative estimate of drug-likeness (QED) is 0.385. The molecule has 8 nitrogen and oxygen atoms in total. The molecular formula is C18H18N2O6S2. The summed E-state index contributed by atoms with van der Waals surface area (Å²) in [6.07, 6.45) is 1.68. The molecule has 1 heterocycles. The van der Waals surface area contributed by atoms with Crippen LogP contribution in [-0.4, -0.2) is 48.3 Å². The first-order chi connectivity index (χ1) is 13.3. The van der Waals surface area contributed by atoms with E-state index in [1.54, 1.807) is 30.3 Å². The molecule has 1 saturated heterocycles. The number of esters is 2. The van der Waals surface area contributed by atoms with Crippen LogP contribution in [-0.2, 0) is 23.9 Å². The minimum Gasteiger partial charge on any atom is -0.469 e. The first kappa shape index (κ1) is 21.6. The van der Waals surface area contributed by atoms with E-state index >= 15 is 0 Å². The summed E-state index contributed by atoms with van der Waals surface area (Å²) in [5, 5.41) is 5.07. The molecule has 148 valence electrons. The van der Waals surface area contributed by atoms with Gasteiger partial charge in [-0.15, -0.1) is 0 Å². The summed E-state index contributed by atoms with van der Waals surface area (Å²) in [6, 6.07) is 5.48. The van der Waals surface area contributed by atoms with Crippen LogP contribution < -0.4 is 10.6 Å². The van der Waals surface area contributed by atoms with Gasteiger partial charge in [0.1, 0.15) is 10.4 Å². The second kappa shape index (κ2) is 10.00. The molecule has 1 aliphatic heterocycles. The smallest absolute Gasteiger partial charge is 0.328 e. The number of ether oxygens (including phenoxy) is 2. The summed E-state index contributed by atoms with van der Waals surface area (Å²) in [5.41, 5.74) is 1.03. The van der Waals surface area contributed by atoms with Crippen molar-refractivity contribution >= 4 is 58.1 Å². The van der Waals surface area contributed by atoms with E-state index in [9.17, 15) is 19.2 Å². The Balaban J connectivity index is 2.05. The lowest BCUT2D eigenvalue weighted by Crippen LogP contribution is -2.41. The Morgan fingerprint density at radius 2 is 1.89 bits per heavy atom. The van der Waals surface area contributed by atoms with E-state index in [4.69, 9.17) is 12.2 Å². The van der Waals surface area contributed by atoms with E-state index in [-0.39, 0.29) is 18.7 Å². The van der Waals surface area contributed by atoms with Crippen molar-refractivity contribution in [3.05, 3.63) is 40.3 Å². The predicted molar refractivity (Wildman–Crippen MR) is 107 cm³/mol. The van der Waals surface area contributed by atoms with Crippen LogP contribution in [0.5, 0.6) is 0 Å². The largest absolute Gasteiger partial charge is 0.469 e. The number of carbonyl (C=O) groups is 4. The maximum absolute atomic E-state index is 12.4. The number of thiocarbonyl (C=S) groups is 1. The molecule has 2 amide bonds. The lowest BCUT2D eigenvalue weighted by Gasteiger charge is -2.16. The van der Waals surface area contributed by atoms with E-state index in [0.717, 1.165) is 0 Å². The van der Waals surface area contributed by atoms with Crippen LogP contribution in [0, 0.1) is 0 Å². The van der Waals surface area contributed by atoms with Gasteiger partial charge < -0.3 is 20.1 Å². The van der Waals surface area contributed by atoms with Gasteiger partial charge in [-0.2, -0.15) is 0 Å². The van der Waals surface area contributed by atoms with Crippen LogP contribution in [0.25, 0.3) is 6.08 Å². The van der Waals surface area contributed by atoms with Crippen molar-refractivity contribution in [1.82, 2.24) is 10.6 Å². The molecule has 28 heavy (non-hydrogen) atoms. The van der Waals surface area contributed by atoms with Crippen LogP contribution in [0.2, 0.25) is 0 Å². The normalized spacial score (nSPS) is 15.7. The molecule has 0 spiro atoms. The number of methoxy groups -OCH3 is 2. The van der Waals surface area contributed by atoms with E-state index in [1.165, 1.54) is 26.0 Å². The third-order valence-corrected chi connectivity index (χ3v) is 4.93. The average Bonchev–Trinajstić information content (AvgIpc) is 3.01. The second-order valence-corrected chi connectivity index (χ2v) is 7.36. The Kier molecular flexibility index (Phi) is 7.70. The fraction of sp³-hybridized carbons (Fsp3) is 0.278. The van der Waals surface area contributed by atoms with Crippen molar-refractivity contribution in [2.75, 3.05) is 14.2 Å². The number of carbonyl (C=O) groups excluding carboxylic acids is 4. The van der Waals surface area contributed by atoms with Crippen molar-refractivity contribution in [2.24, 2.45) is 0 Å². The Bertz CT molecular complexity index is 835. The highest BCUT2D eigenvalue weighted by molar-refractivity contribution is 8.26. The Hall–Kier alpha value is -2.72. The summed E-state index contributed by atoms with van der Waals surface area (Å²) >= 11 is 6.10. The fourth-order valence-corrected chi connectivity index (χ4v) is 3.34. The minimum atomic E-state index is -0.974. The van der Waals surface area contributed by atoms with Crippen LogP contribution in [0.4, 0.5) is 0 Å². The first-order valence-corrected chi connectivity index (χ1v) is 9.37. The summed E-state index contributed by atoms with van der Waals surface area (Å²) in [6.45, 7) is 0. The van der Waals surface area contributed by atoms with Gasteiger partial charge in [-0.1, -0.05) is 36.1 Å². The zero-order valence-electron chi connectivity index (χ0n) is 15.1. The number of nitrogens with one attached hydrogen (secondary N) is 2. The second-order valence-electron chi connectivity index (χ2n) is 5.64. The van der Waals surface area contributed by atoms with E-state index < -0.39 is 23.9 Å². The molecule has 0 bridgehead atoms. The lowest BCUT2D eigenvalue weighted by molar-refractivity contribution is -0.144. The zero-order valence-corrected chi connectivity index (χ0v) is 16.8. The molecular weight excluding hydrogens is 404 g/mol. The molecule has 2 N–H and O–H groups in total. The lowest BCUT2D eigenvalue weighted by atomic mass is 10.1. The molecule has 0 aromatic heterocycles. The highest BCUT2D eigenvalue weighted by Gasteiger charge is 2.24. The molecule has 1 fully saturated rings. The topological polar surface area (TPSA) is 111 Å². The van der Waals surface area contributed by atoms with E-state index in [2.05, 4.69) is 20.1 Å². The first-order valence-electron chi connectivity index (χ1n) is 8.14. The van der Waals surface area contributed by atoms with Gasteiger partial charge in [-0.05, 0) is 30.2 Å². The number of hydrogen-bond acceptors (Lipinski definition) is 8. The van der Waals surface area contributed by atoms with Crippen molar-refractivity contribution in [2.45, 2.75) is 18.9 Å². The Morgan fingerprint density at radius 3 is 2.43 bits per heavy atom. The molecule has 1 aromatic rings. The number of benzene rings is 1. The van der Waals surface area contributed by atoms with Crippen LogP contribution in [0.3, 0.4) is 0 Å². The van der Waals surface area contributed by atoms with Gasteiger partial charge in [0, 0.05) is 12.0 Å². The molecule has 10 heteroatoms. The number of hydrogen-bond donors (Lipinski definition) is 2. The van der Waals surface area contributed by atoms with Crippen molar-refractivity contribution < 1.29 is 28.7 Å². The molecule has 0 unspecified atom stereocenters. The summed E-state index contributed by atoms with van der Waals surface area (Å²) in [4.78, 5) is 47.7. The zero-order chi connectivity index (χ0) is 20.7. The maximum Gasteiger partial charge on any atom is 0.328 e. The summed E-state index contributed by atoms with van der Waals surface area (Å²) in [5.74, 6) is -1.90. The Morgan fingerprint density at radius 1 is 1.21 bits per heavy atom. The van der Waals surface area contributed by atoms with E-state index in [0.29, 0.717) is 20.4 Å². The number of amides is 2. The molecule has 1 aliphatic rings. The maximum atomic E-state index is 12.4. The highest BCUT2D eigenvalue weighted by Crippen LogP contribution is 2.25. The predicted octanol–water partition coefficient (Wildman–Crippen LogP) is 1.40. The van der Waals surface area contributed by atoms with Gasteiger partial charge >= 0.3 is 11.9 Å². The van der Waals surface area contributed by atoms with Crippen molar-refractivity contribution in [1.29, 1.82) is 0 Å². The number of rotatable bonds is 7. The van der Waals surface area contributed by atoms with Gasteiger partial charge in [0.25, 0.3) is 11.8 Å². The van der Waals surface area contributed by atoms with Crippen LogP contribution in [0.1, 0.15) is 28.8 Å². The third kappa shape index (κ3) is 5.89. The highest BCUT2D eigenvalue weighted by atomic mass is 32.2. The SMILES string of the molecule is COC(=O)CC[C@@H](NC(=O)c1ccc(/C=C2\SC(=S)NC2=O)cc1)C(=O)OC. The molecule has 0 radical (unpaired) electrons. The fourth-order valence-electron chi connectivity index (χ4n) is 2.30. The number of thioether (sulfide) groups is 1. The summed E-state index contributed by atoms with van der Waals surface area (Å²) in [7, 11) is 2.44. The van der Waals surface area contributed by atoms with Gasteiger partial charge in [0.15, 0.2) is 0 Å². The molecule has 1 aromatic carbocycles. The van der Waals surface area contributed by atoms with Crippen molar-refractivity contribution in [3.63, 3.8) is 0 Å². The van der Waals surface area contributed by atoms with Crippen LogP contribution in [0.15, 0.2) is 29.2 Å². The monoisotopic (exact) mass is 422 g/mol.